The minimum Gasteiger partial charge on any atom is -0.256 e. The average molecular weight is 376 g/mol. The summed E-state index contributed by atoms with van der Waals surface area (Å²) in [4.78, 5) is 6.65. The zero-order valence-electron chi connectivity index (χ0n) is 14.5. The van der Waals surface area contributed by atoms with Gasteiger partial charge in [0.05, 0.1) is 28.4 Å². The van der Waals surface area contributed by atoms with Gasteiger partial charge in [-0.25, -0.2) is 4.83 Å². The second kappa shape index (κ2) is 7.81. The monoisotopic (exact) mass is 376 g/mol. The topological polar surface area (TPSA) is 95.2 Å². The van der Waals surface area contributed by atoms with Crippen LogP contribution in [0.25, 0.3) is 11.3 Å². The predicted molar refractivity (Wildman–Crippen MR) is 103 cm³/mol. The van der Waals surface area contributed by atoms with E-state index in [0.29, 0.717) is 22.4 Å². The van der Waals surface area contributed by atoms with Gasteiger partial charge >= 0.3 is 0 Å². The third kappa shape index (κ3) is 4.19. The highest BCUT2D eigenvalue weighted by Gasteiger charge is 2.13. The summed E-state index contributed by atoms with van der Waals surface area (Å²) in [7, 11) is -3.76. The van der Waals surface area contributed by atoms with Crippen molar-refractivity contribution in [3.05, 3.63) is 83.6 Å². The maximum Gasteiger partial charge on any atom is 0.276 e. The number of sulfonamides is 1. The van der Waals surface area contributed by atoms with Crippen molar-refractivity contribution in [1.29, 1.82) is 5.26 Å². The Bertz CT molecular complexity index is 1130. The van der Waals surface area contributed by atoms with E-state index >= 15 is 0 Å². The molecule has 0 aliphatic rings. The van der Waals surface area contributed by atoms with E-state index in [1.54, 1.807) is 48.7 Å². The lowest BCUT2D eigenvalue weighted by atomic mass is 10.0. The first-order chi connectivity index (χ1) is 13.0. The predicted octanol–water partition coefficient (Wildman–Crippen LogP) is 3.24. The average Bonchev–Trinajstić information content (AvgIpc) is 2.68. The number of hydrogen-bond acceptors (Lipinski definition) is 5. The van der Waals surface area contributed by atoms with Gasteiger partial charge in [0.15, 0.2) is 0 Å². The van der Waals surface area contributed by atoms with E-state index < -0.39 is 10.0 Å². The van der Waals surface area contributed by atoms with Crippen molar-refractivity contribution in [2.75, 3.05) is 0 Å². The van der Waals surface area contributed by atoms with Gasteiger partial charge in [0.2, 0.25) is 0 Å². The Morgan fingerprint density at radius 2 is 1.81 bits per heavy atom. The van der Waals surface area contributed by atoms with Crippen LogP contribution in [-0.4, -0.2) is 19.6 Å². The lowest BCUT2D eigenvalue weighted by Gasteiger charge is -2.07. The summed E-state index contributed by atoms with van der Waals surface area (Å²) < 4.78 is 24.6. The van der Waals surface area contributed by atoms with E-state index in [0.717, 1.165) is 5.56 Å². The minimum atomic E-state index is -3.76. The Labute approximate surface area is 157 Å². The highest BCUT2D eigenvalue weighted by Crippen LogP contribution is 2.23. The van der Waals surface area contributed by atoms with Gasteiger partial charge in [-0.15, -0.1) is 0 Å². The standard InChI is InChI=1S/C20H16N4O2S/c1-15-8-10-18(11-9-15)27(25,26)24-23-14-17-6-4-12-22-20(17)19-7-3-2-5-16(19)13-21/h2-12,14,24H,1H3. The molecule has 3 aromatic rings. The molecule has 0 saturated heterocycles. The molecule has 0 amide bonds. The van der Waals surface area contributed by atoms with Crippen LogP contribution in [0.5, 0.6) is 0 Å². The van der Waals surface area contributed by atoms with E-state index in [1.807, 2.05) is 13.0 Å². The zero-order chi connectivity index (χ0) is 19.3. The Balaban J connectivity index is 1.89. The summed E-state index contributed by atoms with van der Waals surface area (Å²) in [5.74, 6) is 0. The number of nitriles is 1. The fourth-order valence-electron chi connectivity index (χ4n) is 2.47. The summed E-state index contributed by atoms with van der Waals surface area (Å²) in [5.41, 5.74) is 3.24. The molecule has 1 N–H and O–H groups in total. The molecule has 0 aliphatic heterocycles. The number of benzene rings is 2. The van der Waals surface area contributed by atoms with Crippen LogP contribution in [0.4, 0.5) is 0 Å². The van der Waals surface area contributed by atoms with Gasteiger partial charge in [0.25, 0.3) is 10.0 Å². The molecule has 0 fully saturated rings. The molecule has 7 heteroatoms. The van der Waals surface area contributed by atoms with Gasteiger partial charge in [-0.05, 0) is 37.3 Å². The van der Waals surface area contributed by atoms with E-state index in [9.17, 15) is 13.7 Å². The number of aryl methyl sites for hydroxylation is 1. The molecule has 27 heavy (non-hydrogen) atoms. The van der Waals surface area contributed by atoms with Gasteiger partial charge in [-0.2, -0.15) is 18.8 Å². The van der Waals surface area contributed by atoms with Crippen molar-refractivity contribution >= 4 is 16.2 Å². The van der Waals surface area contributed by atoms with Gasteiger partial charge in [0.1, 0.15) is 0 Å². The maximum atomic E-state index is 12.3. The number of hydrogen-bond donors (Lipinski definition) is 1. The van der Waals surface area contributed by atoms with Crippen molar-refractivity contribution in [2.24, 2.45) is 5.10 Å². The van der Waals surface area contributed by atoms with Crippen LogP contribution in [-0.2, 0) is 10.0 Å². The Kier molecular flexibility index (Phi) is 5.29. The molecular weight excluding hydrogens is 360 g/mol. The third-order valence-electron chi connectivity index (χ3n) is 3.85. The van der Waals surface area contributed by atoms with Gasteiger partial charge < -0.3 is 0 Å². The van der Waals surface area contributed by atoms with E-state index in [2.05, 4.69) is 21.0 Å². The van der Waals surface area contributed by atoms with Crippen LogP contribution in [0.1, 0.15) is 16.7 Å². The third-order valence-corrected chi connectivity index (χ3v) is 5.09. The normalized spacial score (nSPS) is 11.3. The Morgan fingerprint density at radius 1 is 1.07 bits per heavy atom. The van der Waals surface area contributed by atoms with Crippen LogP contribution in [0.3, 0.4) is 0 Å². The number of pyridine rings is 1. The molecule has 1 heterocycles. The molecule has 6 nitrogen and oxygen atoms in total. The summed E-state index contributed by atoms with van der Waals surface area (Å²) in [6, 6.07) is 19.1. The molecule has 0 bridgehead atoms. The SMILES string of the molecule is Cc1ccc(S(=O)(=O)NN=Cc2cccnc2-c2ccccc2C#N)cc1. The van der Waals surface area contributed by atoms with Crippen LogP contribution >= 0.6 is 0 Å². The first kappa shape index (κ1) is 18.3. The lowest BCUT2D eigenvalue weighted by Crippen LogP contribution is -2.18. The molecule has 0 spiro atoms. The second-order valence-electron chi connectivity index (χ2n) is 5.76. The molecule has 3 rings (SSSR count). The summed E-state index contributed by atoms with van der Waals surface area (Å²) in [6.07, 6.45) is 2.99. The zero-order valence-corrected chi connectivity index (χ0v) is 15.3. The Morgan fingerprint density at radius 3 is 2.56 bits per heavy atom. The molecule has 1 aromatic heterocycles. The Hall–Kier alpha value is -3.50. The number of hydrazone groups is 1. The summed E-state index contributed by atoms with van der Waals surface area (Å²) in [5, 5.41) is 13.2. The minimum absolute atomic E-state index is 0.131. The van der Waals surface area contributed by atoms with Gasteiger partial charge in [-0.1, -0.05) is 35.9 Å². The van der Waals surface area contributed by atoms with Gasteiger partial charge in [-0.3, -0.25) is 4.98 Å². The number of aromatic nitrogens is 1. The van der Waals surface area contributed by atoms with Crippen LogP contribution in [0.2, 0.25) is 0 Å². The lowest BCUT2D eigenvalue weighted by molar-refractivity contribution is 0.584. The van der Waals surface area contributed by atoms with Crippen molar-refractivity contribution < 1.29 is 8.42 Å². The van der Waals surface area contributed by atoms with Crippen LogP contribution < -0.4 is 4.83 Å². The molecule has 0 atom stereocenters. The number of nitrogens with zero attached hydrogens (tertiary/aromatic N) is 3. The van der Waals surface area contributed by atoms with E-state index in [4.69, 9.17) is 0 Å². The molecule has 0 unspecified atom stereocenters. The maximum absolute atomic E-state index is 12.3. The first-order valence-electron chi connectivity index (χ1n) is 8.07. The smallest absolute Gasteiger partial charge is 0.256 e. The van der Waals surface area contributed by atoms with Crippen molar-refractivity contribution in [3.63, 3.8) is 0 Å². The van der Waals surface area contributed by atoms with Crippen LogP contribution in [0.15, 0.2) is 76.9 Å². The first-order valence-corrected chi connectivity index (χ1v) is 9.55. The largest absolute Gasteiger partial charge is 0.276 e. The van der Waals surface area contributed by atoms with Crippen molar-refractivity contribution in [3.8, 4) is 17.3 Å². The summed E-state index contributed by atoms with van der Waals surface area (Å²) in [6.45, 7) is 1.88. The number of rotatable bonds is 5. The molecule has 134 valence electrons. The second-order valence-corrected chi connectivity index (χ2v) is 7.43. The molecular formula is C20H16N4O2S. The quantitative estimate of drug-likeness (QED) is 0.546. The molecule has 2 aromatic carbocycles. The number of nitrogens with one attached hydrogen (secondary N) is 1. The highest BCUT2D eigenvalue weighted by atomic mass is 32.2. The highest BCUT2D eigenvalue weighted by molar-refractivity contribution is 7.89. The van der Waals surface area contributed by atoms with E-state index in [1.165, 1.54) is 18.3 Å². The van der Waals surface area contributed by atoms with Crippen LogP contribution in [0, 0.1) is 18.3 Å². The van der Waals surface area contributed by atoms with Gasteiger partial charge in [0, 0.05) is 17.3 Å². The fourth-order valence-corrected chi connectivity index (χ4v) is 3.26. The molecule has 0 radical (unpaired) electrons. The summed E-state index contributed by atoms with van der Waals surface area (Å²) >= 11 is 0. The van der Waals surface area contributed by atoms with Crippen molar-refractivity contribution in [2.45, 2.75) is 11.8 Å². The molecule has 0 saturated carbocycles. The van der Waals surface area contributed by atoms with E-state index in [-0.39, 0.29) is 4.90 Å². The fraction of sp³-hybridized carbons (Fsp3) is 0.0500. The molecule has 0 aliphatic carbocycles. The van der Waals surface area contributed by atoms with Crippen molar-refractivity contribution in [1.82, 2.24) is 9.82 Å².